The Bertz CT molecular complexity index is 543. The number of halogens is 3. The van der Waals surface area contributed by atoms with Gasteiger partial charge in [-0.1, -0.05) is 12.1 Å². The van der Waals surface area contributed by atoms with Crippen LogP contribution in [-0.2, 0) is 6.18 Å². The molecule has 1 N–H and O–H groups in total. The minimum absolute atomic E-state index is 0.179. The third-order valence-corrected chi connectivity index (χ3v) is 2.25. The van der Waals surface area contributed by atoms with Gasteiger partial charge in [0.25, 0.3) is 0 Å². The average molecular weight is 240 g/mol. The van der Waals surface area contributed by atoms with Crippen LogP contribution in [0.15, 0.2) is 30.7 Å². The lowest BCUT2D eigenvalue weighted by atomic mass is 10.1. The molecule has 0 aliphatic carbocycles. The number of rotatable bonds is 1. The molecule has 0 atom stereocenters. The Morgan fingerprint density at radius 1 is 1.24 bits per heavy atom. The van der Waals surface area contributed by atoms with Gasteiger partial charge in [0.05, 0.1) is 17.6 Å². The molecule has 0 saturated heterocycles. The zero-order valence-electron chi connectivity index (χ0n) is 8.92. The Morgan fingerprint density at radius 3 is 2.47 bits per heavy atom. The van der Waals surface area contributed by atoms with Gasteiger partial charge < -0.3 is 10.3 Å². The number of nitrogens with one attached hydrogen (secondary N) is 1. The fraction of sp³-hybridized carbons (Fsp3) is 0.182. The van der Waals surface area contributed by atoms with Crippen LogP contribution in [0, 0.1) is 6.92 Å². The number of alkyl halides is 3. The molecule has 2 aromatic rings. The maximum atomic E-state index is 12.6. The van der Waals surface area contributed by atoms with Gasteiger partial charge in [-0.05, 0) is 13.0 Å². The standard InChI is InChI=1S/C11H9F3N3/c1-7-5-17(6-16-7)10-3-8(11(12,13)14)2-9(15)4-10/h2-6,15H,1H3/q-1. The Labute approximate surface area is 95.7 Å². The molecule has 6 heteroatoms. The lowest BCUT2D eigenvalue weighted by Gasteiger charge is -2.14. The molecule has 1 aromatic heterocycles. The summed E-state index contributed by atoms with van der Waals surface area (Å²) in [7, 11) is 0. The van der Waals surface area contributed by atoms with Crippen molar-refractivity contribution in [3.8, 4) is 5.69 Å². The molecule has 3 nitrogen and oxygen atoms in total. The molecule has 0 saturated carbocycles. The highest BCUT2D eigenvalue weighted by molar-refractivity contribution is 5.54. The van der Waals surface area contributed by atoms with E-state index in [4.69, 9.17) is 5.73 Å². The molecule has 0 amide bonds. The molecule has 0 bridgehead atoms. The first kappa shape index (κ1) is 11.5. The van der Waals surface area contributed by atoms with Gasteiger partial charge in [-0.15, -0.1) is 5.69 Å². The van der Waals surface area contributed by atoms with Crippen molar-refractivity contribution in [1.29, 1.82) is 0 Å². The zero-order valence-corrected chi connectivity index (χ0v) is 8.92. The van der Waals surface area contributed by atoms with Crippen LogP contribution < -0.4 is 0 Å². The monoisotopic (exact) mass is 240 g/mol. The first-order chi connectivity index (χ1) is 7.86. The number of imidazole rings is 1. The SMILES string of the molecule is Cc1cn(-c2cc([NH-])cc(C(F)(F)F)c2)cn1. The largest absolute Gasteiger partial charge is 0.699 e. The Balaban J connectivity index is 2.52. The Hall–Kier alpha value is -1.98. The van der Waals surface area contributed by atoms with E-state index >= 15 is 0 Å². The van der Waals surface area contributed by atoms with E-state index in [0.717, 1.165) is 12.1 Å². The summed E-state index contributed by atoms with van der Waals surface area (Å²) in [5.41, 5.74) is 7.36. The van der Waals surface area contributed by atoms with Crippen LogP contribution in [0.1, 0.15) is 11.3 Å². The third-order valence-electron chi connectivity index (χ3n) is 2.25. The highest BCUT2D eigenvalue weighted by atomic mass is 19.4. The second-order valence-corrected chi connectivity index (χ2v) is 3.69. The van der Waals surface area contributed by atoms with E-state index in [-0.39, 0.29) is 11.4 Å². The van der Waals surface area contributed by atoms with Gasteiger partial charge in [-0.3, -0.25) is 0 Å². The van der Waals surface area contributed by atoms with Crippen LogP contribution in [0.2, 0.25) is 0 Å². The topological polar surface area (TPSA) is 41.6 Å². The fourth-order valence-electron chi connectivity index (χ4n) is 1.49. The number of hydrogen-bond donors (Lipinski definition) is 0. The van der Waals surface area contributed by atoms with Gasteiger partial charge in [0.1, 0.15) is 0 Å². The number of nitrogens with zero attached hydrogens (tertiary/aromatic N) is 2. The molecular formula is C11H9F3N3-. The lowest BCUT2D eigenvalue weighted by Crippen LogP contribution is -2.05. The Kier molecular flexibility index (Phi) is 2.57. The molecule has 2 rings (SSSR count). The summed E-state index contributed by atoms with van der Waals surface area (Å²) in [4.78, 5) is 3.94. The van der Waals surface area contributed by atoms with E-state index in [1.807, 2.05) is 0 Å². The molecule has 0 aliphatic heterocycles. The molecule has 90 valence electrons. The maximum absolute atomic E-state index is 12.6. The summed E-state index contributed by atoms with van der Waals surface area (Å²) in [6.45, 7) is 1.74. The number of benzene rings is 1. The quantitative estimate of drug-likeness (QED) is 0.745. The predicted octanol–water partition coefficient (Wildman–Crippen LogP) is 3.88. The second-order valence-electron chi connectivity index (χ2n) is 3.69. The van der Waals surface area contributed by atoms with Crippen LogP contribution >= 0.6 is 0 Å². The average Bonchev–Trinajstić information content (AvgIpc) is 2.62. The van der Waals surface area contributed by atoms with Gasteiger partial charge in [-0.2, -0.15) is 13.2 Å². The molecule has 0 aliphatic rings. The summed E-state index contributed by atoms with van der Waals surface area (Å²) >= 11 is 0. The summed E-state index contributed by atoms with van der Waals surface area (Å²) in [6.07, 6.45) is -1.42. The van der Waals surface area contributed by atoms with Crippen LogP contribution in [-0.4, -0.2) is 9.55 Å². The Morgan fingerprint density at radius 2 is 1.94 bits per heavy atom. The fourth-order valence-corrected chi connectivity index (χ4v) is 1.49. The van der Waals surface area contributed by atoms with E-state index in [1.54, 1.807) is 13.1 Å². The smallest absolute Gasteiger partial charge is 0.416 e. The van der Waals surface area contributed by atoms with E-state index < -0.39 is 11.7 Å². The van der Waals surface area contributed by atoms with Crippen molar-refractivity contribution in [3.63, 3.8) is 0 Å². The van der Waals surface area contributed by atoms with Crippen LogP contribution in [0.5, 0.6) is 0 Å². The highest BCUT2D eigenvalue weighted by Crippen LogP contribution is 2.33. The third kappa shape index (κ3) is 2.41. The lowest BCUT2D eigenvalue weighted by molar-refractivity contribution is -0.137. The van der Waals surface area contributed by atoms with Crippen molar-refractivity contribution in [2.24, 2.45) is 0 Å². The van der Waals surface area contributed by atoms with E-state index in [1.165, 1.54) is 17.0 Å². The van der Waals surface area contributed by atoms with Gasteiger partial charge in [0.2, 0.25) is 0 Å². The van der Waals surface area contributed by atoms with Gasteiger partial charge in [-0.25, -0.2) is 4.98 Å². The van der Waals surface area contributed by atoms with Gasteiger partial charge in [0.15, 0.2) is 0 Å². The molecule has 0 fully saturated rings. The highest BCUT2D eigenvalue weighted by Gasteiger charge is 2.30. The molecular weight excluding hydrogens is 231 g/mol. The first-order valence-corrected chi connectivity index (χ1v) is 4.81. The van der Waals surface area contributed by atoms with Crippen molar-refractivity contribution in [3.05, 3.63) is 47.7 Å². The van der Waals surface area contributed by atoms with E-state index in [0.29, 0.717) is 5.69 Å². The van der Waals surface area contributed by atoms with Crippen LogP contribution in [0.3, 0.4) is 0 Å². The summed E-state index contributed by atoms with van der Waals surface area (Å²) < 4.78 is 39.1. The predicted molar refractivity (Wildman–Crippen MR) is 57.3 cm³/mol. The normalized spacial score (nSPS) is 11.8. The number of aromatic nitrogens is 2. The molecule has 17 heavy (non-hydrogen) atoms. The molecule has 1 heterocycles. The zero-order chi connectivity index (χ0) is 12.6. The van der Waals surface area contributed by atoms with Crippen molar-refractivity contribution in [2.75, 3.05) is 0 Å². The van der Waals surface area contributed by atoms with Crippen molar-refractivity contribution in [2.45, 2.75) is 13.1 Å². The number of aryl methyl sites for hydroxylation is 1. The first-order valence-electron chi connectivity index (χ1n) is 4.81. The number of hydrogen-bond acceptors (Lipinski definition) is 1. The summed E-state index contributed by atoms with van der Waals surface area (Å²) in [6, 6.07) is 3.16. The molecule has 0 radical (unpaired) electrons. The molecule has 0 spiro atoms. The second kappa shape index (κ2) is 3.80. The van der Waals surface area contributed by atoms with E-state index in [9.17, 15) is 13.2 Å². The van der Waals surface area contributed by atoms with Crippen molar-refractivity contribution >= 4 is 5.69 Å². The summed E-state index contributed by atoms with van der Waals surface area (Å²) in [5, 5.41) is 0. The minimum atomic E-state index is -4.44. The molecule has 1 aromatic carbocycles. The van der Waals surface area contributed by atoms with Crippen LogP contribution in [0.4, 0.5) is 18.9 Å². The van der Waals surface area contributed by atoms with Crippen molar-refractivity contribution < 1.29 is 13.2 Å². The minimum Gasteiger partial charge on any atom is -0.699 e. The van der Waals surface area contributed by atoms with Crippen LogP contribution in [0.25, 0.3) is 11.4 Å². The van der Waals surface area contributed by atoms with Gasteiger partial charge in [0, 0.05) is 11.9 Å². The van der Waals surface area contributed by atoms with Gasteiger partial charge >= 0.3 is 6.18 Å². The maximum Gasteiger partial charge on any atom is 0.416 e. The molecule has 0 unspecified atom stereocenters. The van der Waals surface area contributed by atoms with Crippen molar-refractivity contribution in [1.82, 2.24) is 9.55 Å². The summed E-state index contributed by atoms with van der Waals surface area (Å²) in [5.74, 6) is 0. The van der Waals surface area contributed by atoms with E-state index in [2.05, 4.69) is 4.98 Å².